The van der Waals surface area contributed by atoms with E-state index < -0.39 is 0 Å². The van der Waals surface area contributed by atoms with Gasteiger partial charge in [-0.1, -0.05) is 24.3 Å². The van der Waals surface area contributed by atoms with E-state index in [9.17, 15) is 4.79 Å². The number of carbonyl (C=O) groups is 1. The maximum Gasteiger partial charge on any atom is 0.263 e. The molecule has 0 bridgehead atoms. The molecule has 1 aliphatic rings. The smallest absolute Gasteiger partial charge is 0.263 e. The summed E-state index contributed by atoms with van der Waals surface area (Å²) in [6.45, 7) is 2.43. The number of nitrogens with one attached hydrogen (secondary N) is 1. The number of nitrogens with zero attached hydrogens (tertiary/aromatic N) is 3. The fourth-order valence-corrected chi connectivity index (χ4v) is 4.00. The van der Waals surface area contributed by atoms with Crippen molar-refractivity contribution in [1.82, 2.24) is 20.1 Å². The SMILES string of the molecule is Cc1nc(C2CC2)sc1C(=O)NCc1ccc(-c2ccnn2C)cc1. The number of hydrogen-bond donors (Lipinski definition) is 1. The zero-order valence-electron chi connectivity index (χ0n) is 14.3. The van der Waals surface area contributed by atoms with Gasteiger partial charge >= 0.3 is 0 Å². The normalized spacial score (nSPS) is 13.8. The second kappa shape index (κ2) is 6.44. The van der Waals surface area contributed by atoms with Gasteiger partial charge in [-0.2, -0.15) is 5.10 Å². The summed E-state index contributed by atoms with van der Waals surface area (Å²) >= 11 is 1.54. The molecule has 0 aliphatic heterocycles. The molecule has 3 aromatic rings. The summed E-state index contributed by atoms with van der Waals surface area (Å²) in [4.78, 5) is 17.7. The van der Waals surface area contributed by atoms with Crippen LogP contribution in [0.1, 0.15) is 44.7 Å². The second-order valence-corrected chi connectivity index (χ2v) is 7.49. The molecular formula is C19H20N4OS. The summed E-state index contributed by atoms with van der Waals surface area (Å²) in [5.41, 5.74) is 4.10. The summed E-state index contributed by atoms with van der Waals surface area (Å²) in [5, 5.41) is 8.31. The minimum atomic E-state index is -0.0300. The molecule has 1 aromatic carbocycles. The van der Waals surface area contributed by atoms with Crippen molar-refractivity contribution in [3.8, 4) is 11.3 Å². The molecule has 0 spiro atoms. The number of hydrogen-bond acceptors (Lipinski definition) is 4. The Hall–Kier alpha value is -2.47. The van der Waals surface area contributed by atoms with Crippen molar-refractivity contribution in [3.05, 3.63) is 57.7 Å². The highest BCUT2D eigenvalue weighted by atomic mass is 32.1. The molecule has 2 aromatic heterocycles. The Morgan fingerprint density at radius 1 is 1.28 bits per heavy atom. The van der Waals surface area contributed by atoms with E-state index in [-0.39, 0.29) is 5.91 Å². The summed E-state index contributed by atoms with van der Waals surface area (Å²) in [5.74, 6) is 0.558. The van der Waals surface area contributed by atoms with Crippen molar-refractivity contribution >= 4 is 17.2 Å². The van der Waals surface area contributed by atoms with Gasteiger partial charge in [-0.3, -0.25) is 9.48 Å². The Kier molecular flexibility index (Phi) is 4.13. The van der Waals surface area contributed by atoms with Gasteiger partial charge in [0.15, 0.2) is 0 Å². The van der Waals surface area contributed by atoms with Crippen LogP contribution in [0.15, 0.2) is 36.5 Å². The number of carbonyl (C=O) groups excluding carboxylic acids is 1. The molecule has 128 valence electrons. The largest absolute Gasteiger partial charge is 0.347 e. The molecule has 1 fully saturated rings. The molecule has 0 saturated heterocycles. The van der Waals surface area contributed by atoms with Crippen molar-refractivity contribution in [2.45, 2.75) is 32.2 Å². The lowest BCUT2D eigenvalue weighted by Gasteiger charge is -2.06. The molecule has 1 aliphatic carbocycles. The zero-order chi connectivity index (χ0) is 17.4. The van der Waals surface area contributed by atoms with E-state index >= 15 is 0 Å². The zero-order valence-corrected chi connectivity index (χ0v) is 15.1. The Morgan fingerprint density at radius 3 is 2.68 bits per heavy atom. The summed E-state index contributed by atoms with van der Waals surface area (Å²) in [7, 11) is 1.93. The lowest BCUT2D eigenvalue weighted by Crippen LogP contribution is -2.22. The Bertz CT molecular complexity index is 906. The third-order valence-corrected chi connectivity index (χ3v) is 5.79. The standard InChI is InChI=1S/C19H20N4OS/c1-12-17(25-19(22-12)15-7-8-15)18(24)20-11-13-3-5-14(6-4-13)16-9-10-21-23(16)2/h3-6,9-10,15H,7-8,11H2,1-2H3,(H,20,24). The number of benzene rings is 1. The van der Waals surface area contributed by atoms with Crippen LogP contribution < -0.4 is 5.32 Å². The van der Waals surface area contributed by atoms with E-state index in [0.29, 0.717) is 12.5 Å². The first kappa shape index (κ1) is 16.0. The molecule has 1 amide bonds. The number of rotatable bonds is 5. The fourth-order valence-electron chi connectivity index (χ4n) is 2.85. The van der Waals surface area contributed by atoms with E-state index in [0.717, 1.165) is 32.4 Å². The molecule has 1 N–H and O–H groups in total. The van der Waals surface area contributed by atoms with Crippen LogP contribution in [0, 0.1) is 6.92 Å². The molecule has 0 unspecified atom stereocenters. The van der Waals surface area contributed by atoms with Gasteiger partial charge in [-0.25, -0.2) is 4.98 Å². The Balaban J connectivity index is 1.41. The third-order valence-electron chi connectivity index (χ3n) is 4.47. The first-order chi connectivity index (χ1) is 12.1. The Labute approximate surface area is 150 Å². The first-order valence-corrected chi connectivity index (χ1v) is 9.26. The van der Waals surface area contributed by atoms with Crippen LogP contribution >= 0.6 is 11.3 Å². The fraction of sp³-hybridized carbons (Fsp3) is 0.316. The van der Waals surface area contributed by atoms with E-state index in [1.54, 1.807) is 17.5 Å². The van der Waals surface area contributed by atoms with Crippen LogP contribution in [0.4, 0.5) is 0 Å². The average molecular weight is 352 g/mol. The maximum atomic E-state index is 12.4. The highest BCUT2D eigenvalue weighted by Crippen LogP contribution is 2.42. The molecule has 1 saturated carbocycles. The van der Waals surface area contributed by atoms with Crippen molar-refractivity contribution in [2.75, 3.05) is 0 Å². The van der Waals surface area contributed by atoms with Crippen molar-refractivity contribution in [1.29, 1.82) is 0 Å². The molecule has 6 heteroatoms. The minimum absolute atomic E-state index is 0.0300. The van der Waals surface area contributed by atoms with E-state index in [2.05, 4.69) is 27.5 Å². The van der Waals surface area contributed by atoms with Gasteiger partial charge in [0.2, 0.25) is 0 Å². The van der Waals surface area contributed by atoms with Gasteiger partial charge in [-0.15, -0.1) is 11.3 Å². The summed E-state index contributed by atoms with van der Waals surface area (Å²) in [6, 6.07) is 10.2. The average Bonchev–Trinajstić information content (AvgIpc) is 3.27. The van der Waals surface area contributed by atoms with Gasteiger partial charge in [0, 0.05) is 25.7 Å². The molecule has 4 rings (SSSR count). The highest BCUT2D eigenvalue weighted by Gasteiger charge is 2.28. The quantitative estimate of drug-likeness (QED) is 0.762. The lowest BCUT2D eigenvalue weighted by molar-refractivity contribution is 0.0954. The number of amides is 1. The number of thiazole rings is 1. The molecule has 5 nitrogen and oxygen atoms in total. The van der Waals surface area contributed by atoms with Crippen LogP contribution in [0.25, 0.3) is 11.3 Å². The van der Waals surface area contributed by atoms with Crippen LogP contribution in [-0.2, 0) is 13.6 Å². The van der Waals surface area contributed by atoms with Gasteiger partial charge in [-0.05, 0) is 37.0 Å². The summed E-state index contributed by atoms with van der Waals surface area (Å²) in [6.07, 6.45) is 4.20. The molecule has 0 atom stereocenters. The summed E-state index contributed by atoms with van der Waals surface area (Å²) < 4.78 is 1.85. The van der Waals surface area contributed by atoms with Crippen LogP contribution in [0.3, 0.4) is 0 Å². The molecule has 2 heterocycles. The number of aromatic nitrogens is 3. The van der Waals surface area contributed by atoms with Gasteiger partial charge in [0.05, 0.1) is 16.4 Å². The predicted octanol–water partition coefficient (Wildman–Crippen LogP) is 3.66. The minimum Gasteiger partial charge on any atom is -0.347 e. The number of aryl methyl sites for hydroxylation is 2. The van der Waals surface area contributed by atoms with Crippen molar-refractivity contribution in [2.24, 2.45) is 7.05 Å². The van der Waals surface area contributed by atoms with Crippen LogP contribution in [0.5, 0.6) is 0 Å². The van der Waals surface area contributed by atoms with Gasteiger partial charge in [0.1, 0.15) is 4.88 Å². The molecular weight excluding hydrogens is 332 g/mol. The first-order valence-electron chi connectivity index (χ1n) is 8.44. The Morgan fingerprint density at radius 2 is 2.04 bits per heavy atom. The molecule has 25 heavy (non-hydrogen) atoms. The lowest BCUT2D eigenvalue weighted by atomic mass is 10.1. The van der Waals surface area contributed by atoms with E-state index in [4.69, 9.17) is 0 Å². The van der Waals surface area contributed by atoms with E-state index in [1.807, 2.05) is 36.9 Å². The topological polar surface area (TPSA) is 59.8 Å². The maximum absolute atomic E-state index is 12.4. The van der Waals surface area contributed by atoms with Crippen molar-refractivity contribution < 1.29 is 4.79 Å². The van der Waals surface area contributed by atoms with Crippen molar-refractivity contribution in [3.63, 3.8) is 0 Å². The predicted molar refractivity (Wildman–Crippen MR) is 98.6 cm³/mol. The van der Waals surface area contributed by atoms with E-state index in [1.165, 1.54) is 12.8 Å². The monoisotopic (exact) mass is 352 g/mol. The second-order valence-electron chi connectivity index (χ2n) is 6.46. The van der Waals surface area contributed by atoms with Gasteiger partial charge in [0.25, 0.3) is 5.91 Å². The van der Waals surface area contributed by atoms with Crippen LogP contribution in [-0.4, -0.2) is 20.7 Å². The highest BCUT2D eigenvalue weighted by molar-refractivity contribution is 7.13. The van der Waals surface area contributed by atoms with Gasteiger partial charge < -0.3 is 5.32 Å². The van der Waals surface area contributed by atoms with Crippen LogP contribution in [0.2, 0.25) is 0 Å². The third kappa shape index (κ3) is 3.35. The molecule has 0 radical (unpaired) electrons.